The molecule has 14 heteroatoms. The van der Waals surface area contributed by atoms with Crippen LogP contribution in [0.25, 0.3) is 0 Å². The van der Waals surface area contributed by atoms with Crippen molar-refractivity contribution in [3.8, 4) is 5.75 Å². The second-order valence-electron chi connectivity index (χ2n) is 10.3. The molecule has 1 atom stereocenters. The van der Waals surface area contributed by atoms with Crippen molar-refractivity contribution >= 4 is 27.6 Å². The summed E-state index contributed by atoms with van der Waals surface area (Å²) in [6.45, 7) is -0.406. The standard InChI is InChI=1S/C28H27F3N4O6S/c29-20-11-22(31)26(12-21(20)30)42(40,41)35-9-8-24(35)27(37)34(18-6-7-19(28(38)39)25(36)10-18)15-17-13-33-23(14-32-17)16-4-2-1-3-5-16/h6-7,10-14,16,24,36H,1-5,8-9,15H2,(H,38,39). The molecule has 42 heavy (non-hydrogen) atoms. The molecule has 2 heterocycles. The van der Waals surface area contributed by atoms with Crippen molar-refractivity contribution in [2.75, 3.05) is 11.4 Å². The number of carbonyl (C=O) groups is 2. The van der Waals surface area contributed by atoms with Crippen LogP contribution in [-0.4, -0.2) is 57.4 Å². The van der Waals surface area contributed by atoms with E-state index >= 15 is 0 Å². The first kappa shape index (κ1) is 29.5. The van der Waals surface area contributed by atoms with Crippen LogP contribution in [0.5, 0.6) is 5.75 Å². The van der Waals surface area contributed by atoms with Crippen molar-refractivity contribution in [3.05, 3.63) is 77.1 Å². The van der Waals surface area contributed by atoms with E-state index in [4.69, 9.17) is 0 Å². The van der Waals surface area contributed by atoms with Crippen LogP contribution in [0.3, 0.4) is 0 Å². The number of aromatic hydroxyl groups is 1. The molecule has 5 rings (SSSR count). The number of hydrogen-bond donors (Lipinski definition) is 2. The first-order valence-electron chi connectivity index (χ1n) is 13.3. The number of sulfonamides is 1. The van der Waals surface area contributed by atoms with Crippen LogP contribution in [0, 0.1) is 17.5 Å². The Morgan fingerprint density at radius 3 is 2.26 bits per heavy atom. The average molecular weight is 605 g/mol. The number of anilines is 1. The third kappa shape index (κ3) is 5.68. The number of halogens is 3. The Morgan fingerprint density at radius 1 is 0.952 bits per heavy atom. The number of carbonyl (C=O) groups excluding carboxylic acids is 1. The molecule has 0 bridgehead atoms. The summed E-state index contributed by atoms with van der Waals surface area (Å²) < 4.78 is 68.7. The Bertz CT molecular complexity index is 1630. The zero-order chi connectivity index (χ0) is 30.2. The minimum absolute atomic E-state index is 0.0331. The van der Waals surface area contributed by atoms with Gasteiger partial charge in [-0.15, -0.1) is 0 Å². The Balaban J connectivity index is 1.46. The van der Waals surface area contributed by atoms with Crippen LogP contribution in [0.1, 0.15) is 66.2 Å². The first-order valence-corrected chi connectivity index (χ1v) is 14.8. The third-order valence-electron chi connectivity index (χ3n) is 7.68. The van der Waals surface area contributed by atoms with Gasteiger partial charge in [0.1, 0.15) is 28.1 Å². The summed E-state index contributed by atoms with van der Waals surface area (Å²) in [6, 6.07) is 2.42. The third-order valence-corrected chi connectivity index (χ3v) is 9.60. The number of phenols is 1. The smallest absolute Gasteiger partial charge is 0.339 e. The summed E-state index contributed by atoms with van der Waals surface area (Å²) >= 11 is 0. The normalized spacial score (nSPS) is 17.9. The van der Waals surface area contributed by atoms with Crippen molar-refractivity contribution < 1.29 is 41.4 Å². The van der Waals surface area contributed by atoms with E-state index in [2.05, 4.69) is 9.97 Å². The average Bonchev–Trinajstić information content (AvgIpc) is 2.93. The van der Waals surface area contributed by atoms with Gasteiger partial charge in [0.2, 0.25) is 15.9 Å². The zero-order valence-electron chi connectivity index (χ0n) is 22.2. The molecule has 1 unspecified atom stereocenters. The number of hydrogen-bond acceptors (Lipinski definition) is 7. The molecule has 10 nitrogen and oxygen atoms in total. The summed E-state index contributed by atoms with van der Waals surface area (Å²) in [7, 11) is -4.75. The molecule has 2 aliphatic rings. The highest BCUT2D eigenvalue weighted by molar-refractivity contribution is 7.89. The molecule has 1 saturated carbocycles. The lowest BCUT2D eigenvalue weighted by Crippen LogP contribution is -2.59. The summed E-state index contributed by atoms with van der Waals surface area (Å²) in [4.78, 5) is 34.2. The molecule has 0 radical (unpaired) electrons. The fourth-order valence-electron chi connectivity index (χ4n) is 5.29. The molecular weight excluding hydrogens is 577 g/mol. The number of benzene rings is 2. The van der Waals surface area contributed by atoms with Crippen molar-refractivity contribution in [3.63, 3.8) is 0 Å². The van der Waals surface area contributed by atoms with Gasteiger partial charge < -0.3 is 15.1 Å². The van der Waals surface area contributed by atoms with Gasteiger partial charge in [0.05, 0.1) is 24.1 Å². The SMILES string of the molecule is O=C(O)c1ccc(N(Cc2cnc(C3CCCCC3)cn2)C(=O)C2CCN2S(=O)(=O)c2cc(F)c(F)cc2F)cc1O. The van der Waals surface area contributed by atoms with Gasteiger partial charge in [0, 0.05) is 36.5 Å². The fraction of sp³-hybridized carbons (Fsp3) is 0.357. The van der Waals surface area contributed by atoms with E-state index in [1.54, 1.807) is 6.20 Å². The molecule has 2 aromatic carbocycles. The van der Waals surface area contributed by atoms with Crippen molar-refractivity contribution in [2.24, 2.45) is 0 Å². The van der Waals surface area contributed by atoms with Crippen LogP contribution < -0.4 is 4.90 Å². The van der Waals surface area contributed by atoms with E-state index in [0.29, 0.717) is 10.00 Å². The van der Waals surface area contributed by atoms with Gasteiger partial charge in [-0.1, -0.05) is 19.3 Å². The Kier molecular flexibility index (Phi) is 8.19. The van der Waals surface area contributed by atoms with Gasteiger partial charge in [-0.05, 0) is 37.5 Å². The Morgan fingerprint density at radius 2 is 1.67 bits per heavy atom. The minimum atomic E-state index is -4.75. The van der Waals surface area contributed by atoms with Crippen molar-refractivity contribution in [2.45, 2.75) is 61.9 Å². The molecule has 1 aromatic heterocycles. The first-order chi connectivity index (χ1) is 20.0. The maximum Gasteiger partial charge on any atom is 0.339 e. The van der Waals surface area contributed by atoms with Gasteiger partial charge in [-0.2, -0.15) is 4.31 Å². The van der Waals surface area contributed by atoms with Gasteiger partial charge in [-0.3, -0.25) is 14.8 Å². The van der Waals surface area contributed by atoms with Crippen LogP contribution in [0.15, 0.2) is 47.6 Å². The predicted molar refractivity (Wildman–Crippen MR) is 143 cm³/mol. The van der Waals surface area contributed by atoms with Crippen LogP contribution in [0.2, 0.25) is 0 Å². The zero-order valence-corrected chi connectivity index (χ0v) is 23.0. The second-order valence-corrected chi connectivity index (χ2v) is 12.2. The molecule has 222 valence electrons. The van der Waals surface area contributed by atoms with Crippen LogP contribution in [-0.2, 0) is 21.4 Å². The highest BCUT2D eigenvalue weighted by Crippen LogP contribution is 2.34. The number of rotatable bonds is 8. The van der Waals surface area contributed by atoms with Gasteiger partial charge in [-0.25, -0.2) is 26.4 Å². The Hall–Kier alpha value is -4.04. The molecule has 0 spiro atoms. The Labute approximate surface area is 239 Å². The highest BCUT2D eigenvalue weighted by atomic mass is 32.2. The van der Waals surface area contributed by atoms with Crippen LogP contribution in [0.4, 0.5) is 18.9 Å². The fourth-order valence-corrected chi connectivity index (χ4v) is 6.98. The number of carboxylic acid groups (broad SMARTS) is 1. The molecule has 1 amide bonds. The molecule has 2 fully saturated rings. The second kappa shape index (κ2) is 11.7. The summed E-state index contributed by atoms with van der Waals surface area (Å²) in [6.07, 6.45) is 8.53. The van der Waals surface area contributed by atoms with E-state index in [-0.39, 0.29) is 43.2 Å². The molecular formula is C28H27F3N4O6S. The number of amides is 1. The molecule has 1 aliphatic carbocycles. The topological polar surface area (TPSA) is 141 Å². The van der Waals surface area contributed by atoms with Crippen LogP contribution >= 0.6 is 0 Å². The monoisotopic (exact) mass is 604 g/mol. The number of nitrogens with zero attached hydrogens (tertiary/aromatic N) is 4. The van der Waals surface area contributed by atoms with E-state index in [0.717, 1.165) is 48.4 Å². The van der Waals surface area contributed by atoms with Gasteiger partial charge >= 0.3 is 5.97 Å². The predicted octanol–water partition coefficient (Wildman–Crippen LogP) is 4.34. The number of aromatic nitrogens is 2. The molecule has 2 N–H and O–H groups in total. The van der Waals surface area contributed by atoms with E-state index < -0.39 is 61.6 Å². The summed E-state index contributed by atoms with van der Waals surface area (Å²) in [5, 5.41) is 19.6. The van der Waals surface area contributed by atoms with E-state index in [1.807, 2.05) is 0 Å². The van der Waals surface area contributed by atoms with Crippen molar-refractivity contribution in [1.29, 1.82) is 0 Å². The van der Waals surface area contributed by atoms with Gasteiger partial charge in [0.25, 0.3) is 0 Å². The quantitative estimate of drug-likeness (QED) is 0.362. The molecule has 1 aliphatic heterocycles. The summed E-state index contributed by atoms with van der Waals surface area (Å²) in [5.41, 5.74) is 0.794. The summed E-state index contributed by atoms with van der Waals surface area (Å²) in [5.74, 6) is -7.16. The lowest BCUT2D eigenvalue weighted by Gasteiger charge is -2.41. The lowest BCUT2D eigenvalue weighted by molar-refractivity contribution is -0.125. The molecule has 1 saturated heterocycles. The van der Waals surface area contributed by atoms with Gasteiger partial charge in [0.15, 0.2) is 11.6 Å². The molecule has 3 aromatic rings. The number of aromatic carboxylic acids is 1. The number of carboxylic acids is 1. The maximum absolute atomic E-state index is 14.4. The minimum Gasteiger partial charge on any atom is -0.507 e. The highest BCUT2D eigenvalue weighted by Gasteiger charge is 2.46. The lowest BCUT2D eigenvalue weighted by atomic mass is 9.87. The van der Waals surface area contributed by atoms with E-state index in [1.165, 1.54) is 18.7 Å². The van der Waals surface area contributed by atoms with E-state index in [9.17, 15) is 41.4 Å². The maximum atomic E-state index is 14.4. The largest absolute Gasteiger partial charge is 0.507 e. The van der Waals surface area contributed by atoms with Crippen molar-refractivity contribution in [1.82, 2.24) is 14.3 Å².